The summed E-state index contributed by atoms with van der Waals surface area (Å²) in [6, 6.07) is -0.0553. The first kappa shape index (κ1) is 17.7. The maximum Gasteiger partial charge on any atom is 0.515 e. The molecule has 1 rings (SSSR count). The van der Waals surface area contributed by atoms with Crippen LogP contribution >= 0.6 is 0 Å². The van der Waals surface area contributed by atoms with Crippen molar-refractivity contribution in [3.63, 3.8) is 0 Å². The number of likely N-dealkylation sites (N-methyl/N-ethyl adjacent to an activating group) is 1. The second-order valence-electron chi connectivity index (χ2n) is 4.90. The number of nitrogens with zero attached hydrogens (tertiary/aromatic N) is 2. The van der Waals surface area contributed by atoms with Gasteiger partial charge in [-0.15, -0.1) is 0 Å². The lowest BCUT2D eigenvalue weighted by atomic mass is 10.2. The zero-order valence-electron chi connectivity index (χ0n) is 13.1. The molecule has 6 nitrogen and oxygen atoms in total. The minimum Gasteiger partial charge on any atom is -0.373 e. The standard InChI is InChI=1S/C13H28N2O4Si/c1-5-17-20(18-6-2,19-7-3)12-15-9-8-14(4)13(10-15)11-16/h11,13H,5-10,12H2,1-4H3. The molecule has 1 heterocycles. The van der Waals surface area contributed by atoms with Gasteiger partial charge in [-0.1, -0.05) is 0 Å². The van der Waals surface area contributed by atoms with Crippen molar-refractivity contribution in [3.8, 4) is 0 Å². The van der Waals surface area contributed by atoms with Gasteiger partial charge in [-0.2, -0.15) is 0 Å². The maximum atomic E-state index is 11.1. The maximum absolute atomic E-state index is 11.1. The van der Waals surface area contributed by atoms with Crippen LogP contribution in [0.4, 0.5) is 0 Å². The highest BCUT2D eigenvalue weighted by Crippen LogP contribution is 2.15. The summed E-state index contributed by atoms with van der Waals surface area (Å²) in [6.07, 6.45) is 1.66. The lowest BCUT2D eigenvalue weighted by Crippen LogP contribution is -2.60. The van der Waals surface area contributed by atoms with Gasteiger partial charge in [-0.05, 0) is 27.8 Å². The monoisotopic (exact) mass is 304 g/mol. The van der Waals surface area contributed by atoms with Gasteiger partial charge >= 0.3 is 8.80 Å². The van der Waals surface area contributed by atoms with E-state index in [0.29, 0.717) is 32.5 Å². The Balaban J connectivity index is 2.70. The van der Waals surface area contributed by atoms with E-state index in [1.54, 1.807) is 0 Å². The quantitative estimate of drug-likeness (QED) is 0.454. The average molecular weight is 304 g/mol. The molecule has 0 aromatic rings. The van der Waals surface area contributed by atoms with E-state index in [2.05, 4.69) is 9.80 Å². The van der Waals surface area contributed by atoms with E-state index < -0.39 is 8.80 Å². The van der Waals surface area contributed by atoms with Gasteiger partial charge in [0.15, 0.2) is 0 Å². The van der Waals surface area contributed by atoms with Crippen molar-refractivity contribution in [2.45, 2.75) is 26.8 Å². The molecule has 0 aromatic carbocycles. The van der Waals surface area contributed by atoms with Gasteiger partial charge in [0.05, 0.1) is 12.2 Å². The molecule has 0 saturated carbocycles. The van der Waals surface area contributed by atoms with Crippen LogP contribution in [0.15, 0.2) is 0 Å². The number of hydrogen-bond acceptors (Lipinski definition) is 6. The highest BCUT2D eigenvalue weighted by atomic mass is 28.4. The van der Waals surface area contributed by atoms with E-state index >= 15 is 0 Å². The van der Waals surface area contributed by atoms with E-state index in [4.69, 9.17) is 13.3 Å². The molecular formula is C13H28N2O4Si. The molecule has 118 valence electrons. The number of hydrogen-bond donors (Lipinski definition) is 0. The number of carbonyl (C=O) groups is 1. The summed E-state index contributed by atoms with van der Waals surface area (Å²) in [4.78, 5) is 15.4. The van der Waals surface area contributed by atoms with Gasteiger partial charge in [0, 0.05) is 39.5 Å². The molecule has 0 aliphatic carbocycles. The molecule has 0 spiro atoms. The molecule has 0 radical (unpaired) electrons. The van der Waals surface area contributed by atoms with Crippen LogP contribution in [0.5, 0.6) is 0 Å². The highest BCUT2D eigenvalue weighted by molar-refractivity contribution is 6.60. The molecule has 1 unspecified atom stereocenters. The number of carbonyl (C=O) groups excluding carboxylic acids is 1. The van der Waals surface area contributed by atoms with Crippen molar-refractivity contribution in [2.24, 2.45) is 0 Å². The Morgan fingerprint density at radius 2 is 1.65 bits per heavy atom. The van der Waals surface area contributed by atoms with Crippen molar-refractivity contribution >= 4 is 15.1 Å². The van der Waals surface area contributed by atoms with Gasteiger partial charge in [-0.25, -0.2) is 0 Å². The molecule has 7 heteroatoms. The average Bonchev–Trinajstić information content (AvgIpc) is 2.42. The van der Waals surface area contributed by atoms with Crippen LogP contribution in [0.3, 0.4) is 0 Å². The highest BCUT2D eigenvalue weighted by Gasteiger charge is 2.43. The molecule has 20 heavy (non-hydrogen) atoms. The summed E-state index contributed by atoms with van der Waals surface area (Å²) >= 11 is 0. The minimum atomic E-state index is -2.66. The zero-order valence-corrected chi connectivity index (χ0v) is 14.1. The summed E-state index contributed by atoms with van der Waals surface area (Å²) in [5, 5.41) is 0. The Bertz CT molecular complexity index is 277. The minimum absolute atomic E-state index is 0.0553. The topological polar surface area (TPSA) is 51.2 Å². The summed E-state index contributed by atoms with van der Waals surface area (Å²) in [6.45, 7) is 10.1. The molecule has 0 aromatic heterocycles. The predicted octanol–water partition coefficient (Wildman–Crippen LogP) is 0.389. The molecule has 1 atom stereocenters. The molecule has 0 amide bonds. The fourth-order valence-electron chi connectivity index (χ4n) is 2.45. The van der Waals surface area contributed by atoms with E-state index in [-0.39, 0.29) is 6.04 Å². The summed E-state index contributed by atoms with van der Waals surface area (Å²) in [5.41, 5.74) is 0. The Labute approximate surface area is 123 Å². The molecule has 1 aliphatic heterocycles. The van der Waals surface area contributed by atoms with Gasteiger partial charge in [-0.3, -0.25) is 9.80 Å². The van der Waals surface area contributed by atoms with E-state index in [1.807, 2.05) is 27.8 Å². The van der Waals surface area contributed by atoms with E-state index in [9.17, 15) is 4.79 Å². The fourth-order valence-corrected chi connectivity index (χ4v) is 5.12. The SMILES string of the molecule is CCO[Si](CN1CCN(C)C(C=O)C1)(OCC)OCC. The Morgan fingerprint density at radius 3 is 2.10 bits per heavy atom. The molecule has 1 aliphatic rings. The third kappa shape index (κ3) is 4.91. The van der Waals surface area contributed by atoms with E-state index in [1.165, 1.54) is 0 Å². The first-order valence-electron chi connectivity index (χ1n) is 7.40. The second kappa shape index (κ2) is 8.86. The predicted molar refractivity (Wildman–Crippen MR) is 79.6 cm³/mol. The summed E-state index contributed by atoms with van der Waals surface area (Å²) < 4.78 is 17.6. The van der Waals surface area contributed by atoms with Crippen molar-refractivity contribution in [2.75, 3.05) is 52.7 Å². The third-order valence-electron chi connectivity index (χ3n) is 3.45. The normalized spacial score (nSPS) is 22.1. The molecule has 1 fully saturated rings. The number of rotatable bonds is 9. The fraction of sp³-hybridized carbons (Fsp3) is 0.923. The van der Waals surface area contributed by atoms with Crippen LogP contribution in [0, 0.1) is 0 Å². The van der Waals surface area contributed by atoms with E-state index in [0.717, 1.165) is 19.4 Å². The van der Waals surface area contributed by atoms with Crippen molar-refractivity contribution < 1.29 is 18.1 Å². The third-order valence-corrected chi connectivity index (χ3v) is 6.47. The Hall–Kier alpha value is -0.313. The first-order valence-corrected chi connectivity index (χ1v) is 9.33. The second-order valence-corrected chi connectivity index (χ2v) is 7.45. The molecule has 0 bridgehead atoms. The largest absolute Gasteiger partial charge is 0.515 e. The Kier molecular flexibility index (Phi) is 7.86. The molecular weight excluding hydrogens is 276 g/mol. The summed E-state index contributed by atoms with van der Waals surface area (Å²) in [5.74, 6) is 0. The van der Waals surface area contributed by atoms with Crippen molar-refractivity contribution in [1.82, 2.24) is 9.80 Å². The van der Waals surface area contributed by atoms with Gasteiger partial charge in [0.2, 0.25) is 0 Å². The van der Waals surface area contributed by atoms with Crippen LogP contribution in [0.25, 0.3) is 0 Å². The van der Waals surface area contributed by atoms with Crippen LogP contribution in [-0.4, -0.2) is 83.6 Å². The molecule has 1 saturated heterocycles. The van der Waals surface area contributed by atoms with Crippen LogP contribution < -0.4 is 0 Å². The van der Waals surface area contributed by atoms with Gasteiger partial charge < -0.3 is 18.1 Å². The van der Waals surface area contributed by atoms with Crippen LogP contribution in [0.1, 0.15) is 20.8 Å². The van der Waals surface area contributed by atoms with Crippen LogP contribution in [0.2, 0.25) is 0 Å². The lowest BCUT2D eigenvalue weighted by Gasteiger charge is -2.40. The Morgan fingerprint density at radius 1 is 1.10 bits per heavy atom. The van der Waals surface area contributed by atoms with Crippen LogP contribution in [-0.2, 0) is 18.1 Å². The smallest absolute Gasteiger partial charge is 0.373 e. The van der Waals surface area contributed by atoms with Gasteiger partial charge in [0.25, 0.3) is 0 Å². The lowest BCUT2D eigenvalue weighted by molar-refractivity contribution is -0.114. The van der Waals surface area contributed by atoms with Crippen molar-refractivity contribution in [3.05, 3.63) is 0 Å². The first-order chi connectivity index (χ1) is 9.60. The molecule has 0 N–H and O–H groups in total. The number of piperazine rings is 1. The zero-order chi connectivity index (χ0) is 15.0. The number of aldehydes is 1. The summed E-state index contributed by atoms with van der Waals surface area (Å²) in [7, 11) is -0.675. The van der Waals surface area contributed by atoms with Crippen molar-refractivity contribution in [1.29, 1.82) is 0 Å². The van der Waals surface area contributed by atoms with Gasteiger partial charge in [0.1, 0.15) is 6.29 Å².